The summed E-state index contributed by atoms with van der Waals surface area (Å²) in [7, 11) is 0. The first kappa shape index (κ1) is 15.5. The normalized spacial score (nSPS) is 11.2. The molecule has 1 N–H and O–H groups in total. The van der Waals surface area contributed by atoms with Gasteiger partial charge in [0, 0.05) is 6.20 Å². The zero-order chi connectivity index (χ0) is 17.4. The molecular formula is C17H15N5O2S. The minimum atomic E-state index is -0.248. The zero-order valence-electron chi connectivity index (χ0n) is 13.5. The summed E-state index contributed by atoms with van der Waals surface area (Å²) in [6.07, 6.45) is 5.07. The highest BCUT2D eigenvalue weighted by atomic mass is 32.1. The van der Waals surface area contributed by atoms with Crippen LogP contribution in [0, 0.1) is 6.92 Å². The fourth-order valence-electron chi connectivity index (χ4n) is 2.72. The van der Waals surface area contributed by atoms with E-state index in [1.54, 1.807) is 12.3 Å². The number of fused-ring (bicyclic) bond motifs is 2. The molecule has 0 aliphatic heterocycles. The predicted molar refractivity (Wildman–Crippen MR) is 95.7 cm³/mol. The van der Waals surface area contributed by atoms with Crippen molar-refractivity contribution in [3.63, 3.8) is 0 Å². The van der Waals surface area contributed by atoms with Crippen molar-refractivity contribution in [2.75, 3.05) is 0 Å². The number of nitrogens with zero attached hydrogens (tertiary/aromatic N) is 4. The molecule has 8 heteroatoms. The predicted octanol–water partition coefficient (Wildman–Crippen LogP) is 1.73. The molecule has 4 heterocycles. The maximum absolute atomic E-state index is 12.3. The number of hydrogen-bond acceptors (Lipinski definition) is 5. The summed E-state index contributed by atoms with van der Waals surface area (Å²) in [5.74, 6) is -0.248. The summed E-state index contributed by atoms with van der Waals surface area (Å²) in [6, 6.07) is 5.72. The van der Waals surface area contributed by atoms with Crippen LogP contribution < -0.4 is 10.9 Å². The highest BCUT2D eigenvalue weighted by Gasteiger charge is 2.10. The molecule has 0 aliphatic rings. The first-order valence-corrected chi connectivity index (χ1v) is 8.62. The molecule has 0 spiro atoms. The highest BCUT2D eigenvalue weighted by Crippen LogP contribution is 2.13. The van der Waals surface area contributed by atoms with Crippen molar-refractivity contribution in [1.29, 1.82) is 0 Å². The van der Waals surface area contributed by atoms with Gasteiger partial charge in [-0.25, -0.2) is 9.97 Å². The standard InChI is InChI=1S/C17H15N5O2S/c1-11-3-2-5-22-12(8-19-16(11)22)7-18-14(23)9-21-10-20-13-4-6-25-15(13)17(21)24/h2-6,8,10H,7,9H2,1H3,(H,18,23). The largest absolute Gasteiger partial charge is 0.349 e. The van der Waals surface area contributed by atoms with E-state index in [1.807, 2.05) is 35.0 Å². The summed E-state index contributed by atoms with van der Waals surface area (Å²) in [6.45, 7) is 2.27. The third-order valence-corrected chi connectivity index (χ3v) is 4.92. The van der Waals surface area contributed by atoms with Gasteiger partial charge in [0.05, 0.1) is 30.3 Å². The van der Waals surface area contributed by atoms with E-state index in [0.29, 0.717) is 16.8 Å². The molecule has 0 fully saturated rings. The highest BCUT2D eigenvalue weighted by molar-refractivity contribution is 7.17. The van der Waals surface area contributed by atoms with Crippen molar-refractivity contribution in [3.05, 3.63) is 63.9 Å². The molecule has 7 nitrogen and oxygen atoms in total. The Hall–Kier alpha value is -3.00. The first-order chi connectivity index (χ1) is 12.1. The average molecular weight is 353 g/mol. The smallest absolute Gasteiger partial charge is 0.271 e. The molecule has 4 rings (SSSR count). The van der Waals surface area contributed by atoms with E-state index in [1.165, 1.54) is 22.2 Å². The number of carbonyl (C=O) groups excluding carboxylic acids is 1. The molecule has 1 amide bonds. The van der Waals surface area contributed by atoms with Crippen LogP contribution in [-0.4, -0.2) is 24.8 Å². The Labute approximate surface area is 146 Å². The molecule has 0 bridgehead atoms. The number of rotatable bonds is 4. The van der Waals surface area contributed by atoms with Crippen molar-refractivity contribution in [1.82, 2.24) is 24.3 Å². The number of imidazole rings is 1. The number of aryl methyl sites for hydroxylation is 1. The van der Waals surface area contributed by atoms with Gasteiger partial charge in [-0.05, 0) is 30.0 Å². The topological polar surface area (TPSA) is 81.3 Å². The maximum Gasteiger partial charge on any atom is 0.271 e. The van der Waals surface area contributed by atoms with Crippen molar-refractivity contribution in [2.24, 2.45) is 0 Å². The van der Waals surface area contributed by atoms with Gasteiger partial charge >= 0.3 is 0 Å². The van der Waals surface area contributed by atoms with Crippen molar-refractivity contribution in [3.8, 4) is 0 Å². The van der Waals surface area contributed by atoms with Gasteiger partial charge in [0.2, 0.25) is 5.91 Å². The molecular weight excluding hydrogens is 338 g/mol. The van der Waals surface area contributed by atoms with Gasteiger partial charge < -0.3 is 9.72 Å². The number of aromatic nitrogens is 4. The number of thiophene rings is 1. The van der Waals surface area contributed by atoms with Crippen LogP contribution in [0.3, 0.4) is 0 Å². The van der Waals surface area contributed by atoms with E-state index in [2.05, 4.69) is 15.3 Å². The lowest BCUT2D eigenvalue weighted by molar-refractivity contribution is -0.121. The van der Waals surface area contributed by atoms with Crippen molar-refractivity contribution < 1.29 is 4.79 Å². The van der Waals surface area contributed by atoms with Crippen molar-refractivity contribution in [2.45, 2.75) is 20.0 Å². The second-order valence-electron chi connectivity index (χ2n) is 5.72. The fourth-order valence-corrected chi connectivity index (χ4v) is 3.52. The minimum Gasteiger partial charge on any atom is -0.349 e. The lowest BCUT2D eigenvalue weighted by atomic mass is 10.3. The first-order valence-electron chi connectivity index (χ1n) is 7.74. The average Bonchev–Trinajstić information content (AvgIpc) is 3.23. The van der Waals surface area contributed by atoms with Gasteiger partial charge in [0.1, 0.15) is 16.9 Å². The molecule has 0 radical (unpaired) electrons. The SMILES string of the molecule is Cc1cccn2c(CNC(=O)Cn3cnc4ccsc4c3=O)cnc12. The van der Waals surface area contributed by atoms with E-state index in [9.17, 15) is 9.59 Å². The number of carbonyl (C=O) groups is 1. The number of pyridine rings is 1. The van der Waals surface area contributed by atoms with Crippen LogP contribution in [0.4, 0.5) is 0 Å². The van der Waals surface area contributed by atoms with Gasteiger partial charge in [-0.15, -0.1) is 11.3 Å². The Bertz CT molecular complexity index is 1140. The van der Waals surface area contributed by atoms with E-state index in [-0.39, 0.29) is 18.0 Å². The minimum absolute atomic E-state index is 0.0601. The number of amides is 1. The lowest BCUT2D eigenvalue weighted by Crippen LogP contribution is -2.32. The van der Waals surface area contributed by atoms with E-state index in [4.69, 9.17) is 0 Å². The van der Waals surface area contributed by atoms with Gasteiger partial charge in [-0.3, -0.25) is 14.2 Å². The van der Waals surface area contributed by atoms with Gasteiger partial charge in [-0.1, -0.05) is 6.07 Å². The Morgan fingerprint density at radius 2 is 2.20 bits per heavy atom. The quantitative estimate of drug-likeness (QED) is 0.606. The molecule has 25 heavy (non-hydrogen) atoms. The van der Waals surface area contributed by atoms with Crippen LogP contribution >= 0.6 is 11.3 Å². The molecule has 126 valence electrons. The zero-order valence-corrected chi connectivity index (χ0v) is 14.3. The maximum atomic E-state index is 12.3. The third kappa shape index (κ3) is 2.80. The molecule has 0 saturated heterocycles. The summed E-state index contributed by atoms with van der Waals surface area (Å²) < 4.78 is 3.83. The van der Waals surface area contributed by atoms with Crippen molar-refractivity contribution >= 4 is 33.1 Å². The Morgan fingerprint density at radius 3 is 3.08 bits per heavy atom. The van der Waals surface area contributed by atoms with Gasteiger partial charge in [0.15, 0.2) is 0 Å². The molecule has 0 saturated carbocycles. The van der Waals surface area contributed by atoms with E-state index in [0.717, 1.165) is 16.9 Å². The number of hydrogen-bond donors (Lipinski definition) is 1. The lowest BCUT2D eigenvalue weighted by Gasteiger charge is -2.07. The molecule has 0 unspecified atom stereocenters. The Kier molecular flexibility index (Phi) is 3.81. The number of nitrogens with one attached hydrogen (secondary N) is 1. The van der Waals surface area contributed by atoms with Gasteiger partial charge in [0.25, 0.3) is 5.56 Å². The van der Waals surface area contributed by atoms with Crippen LogP contribution in [-0.2, 0) is 17.9 Å². The summed E-state index contributed by atoms with van der Waals surface area (Å²) >= 11 is 1.33. The Balaban J connectivity index is 1.49. The second-order valence-corrected chi connectivity index (χ2v) is 6.64. The Morgan fingerprint density at radius 1 is 1.32 bits per heavy atom. The van der Waals surface area contributed by atoms with Crippen LogP contribution in [0.25, 0.3) is 15.9 Å². The molecule has 0 aliphatic carbocycles. The van der Waals surface area contributed by atoms with Crippen LogP contribution in [0.1, 0.15) is 11.3 Å². The van der Waals surface area contributed by atoms with Crippen LogP contribution in [0.2, 0.25) is 0 Å². The fraction of sp³-hybridized carbons (Fsp3) is 0.176. The molecule has 4 aromatic heterocycles. The van der Waals surface area contributed by atoms with E-state index >= 15 is 0 Å². The van der Waals surface area contributed by atoms with E-state index < -0.39 is 0 Å². The van der Waals surface area contributed by atoms with Crippen LogP contribution in [0.15, 0.2) is 47.1 Å². The third-order valence-electron chi connectivity index (χ3n) is 4.02. The van der Waals surface area contributed by atoms with Gasteiger partial charge in [-0.2, -0.15) is 0 Å². The second kappa shape index (κ2) is 6.14. The molecule has 0 atom stereocenters. The summed E-state index contributed by atoms with van der Waals surface area (Å²) in [4.78, 5) is 33.1. The monoisotopic (exact) mass is 353 g/mol. The van der Waals surface area contributed by atoms with Crippen LogP contribution in [0.5, 0.6) is 0 Å². The summed E-state index contributed by atoms with van der Waals surface area (Å²) in [5, 5.41) is 4.65. The summed E-state index contributed by atoms with van der Waals surface area (Å²) in [5.41, 5.74) is 3.29. The molecule has 0 aromatic carbocycles. The molecule has 4 aromatic rings.